The summed E-state index contributed by atoms with van der Waals surface area (Å²) in [4.78, 5) is 26.4. The first-order chi connectivity index (χ1) is 11.6. The third-order valence-corrected chi connectivity index (χ3v) is 3.33. The number of methoxy groups -OCH3 is 1. The number of nitrogens with zero attached hydrogens (tertiary/aromatic N) is 4. The minimum Gasteiger partial charge on any atom is -0.481 e. The highest BCUT2D eigenvalue weighted by Crippen LogP contribution is 2.20. The Labute approximate surface area is 135 Å². The van der Waals surface area contributed by atoms with Crippen LogP contribution in [-0.2, 0) is 6.54 Å². The SMILES string of the molecule is COc1cccc(Cn2c(-c3ccc([N+](=O)[O-])cc3)noc2=O)n1. The van der Waals surface area contributed by atoms with Crippen LogP contribution in [-0.4, -0.2) is 26.7 Å². The first-order valence-electron chi connectivity index (χ1n) is 6.90. The van der Waals surface area contributed by atoms with Gasteiger partial charge in [-0.15, -0.1) is 0 Å². The van der Waals surface area contributed by atoms with Crippen molar-refractivity contribution in [3.05, 3.63) is 68.8 Å². The predicted octanol–water partition coefficient (Wildman–Crippen LogP) is 1.86. The van der Waals surface area contributed by atoms with E-state index < -0.39 is 10.7 Å². The molecule has 24 heavy (non-hydrogen) atoms. The summed E-state index contributed by atoms with van der Waals surface area (Å²) in [7, 11) is 1.50. The Morgan fingerprint density at radius 2 is 2.00 bits per heavy atom. The highest BCUT2D eigenvalue weighted by molar-refractivity contribution is 5.57. The third kappa shape index (κ3) is 3.00. The maximum atomic E-state index is 11.9. The molecule has 9 nitrogen and oxygen atoms in total. The molecule has 0 unspecified atom stereocenters. The number of hydrogen-bond donors (Lipinski definition) is 0. The van der Waals surface area contributed by atoms with Crippen molar-refractivity contribution in [3.63, 3.8) is 0 Å². The largest absolute Gasteiger partial charge is 0.481 e. The molecule has 0 bridgehead atoms. The summed E-state index contributed by atoms with van der Waals surface area (Å²) in [6.07, 6.45) is 0. The summed E-state index contributed by atoms with van der Waals surface area (Å²) in [5.74, 6) is 0.0429. The molecular formula is C15H12N4O5. The molecule has 9 heteroatoms. The van der Waals surface area contributed by atoms with Gasteiger partial charge in [0.05, 0.1) is 24.3 Å². The van der Waals surface area contributed by atoms with Gasteiger partial charge in [0.1, 0.15) is 0 Å². The molecule has 3 aromatic rings. The first kappa shape index (κ1) is 15.4. The molecule has 122 valence electrons. The highest BCUT2D eigenvalue weighted by Gasteiger charge is 2.15. The molecule has 0 aliphatic carbocycles. The van der Waals surface area contributed by atoms with Crippen LogP contribution in [0.3, 0.4) is 0 Å². The van der Waals surface area contributed by atoms with Crippen molar-refractivity contribution < 1.29 is 14.2 Å². The average Bonchev–Trinajstić information content (AvgIpc) is 2.96. The van der Waals surface area contributed by atoms with Gasteiger partial charge < -0.3 is 4.74 Å². The van der Waals surface area contributed by atoms with Crippen molar-refractivity contribution in [2.24, 2.45) is 0 Å². The number of nitro groups is 1. The normalized spacial score (nSPS) is 10.5. The number of pyridine rings is 1. The summed E-state index contributed by atoms with van der Waals surface area (Å²) in [5, 5.41) is 14.5. The predicted molar refractivity (Wildman–Crippen MR) is 82.7 cm³/mol. The summed E-state index contributed by atoms with van der Waals surface area (Å²) in [6, 6.07) is 10.9. The lowest BCUT2D eigenvalue weighted by Crippen LogP contribution is -2.17. The zero-order valence-corrected chi connectivity index (χ0v) is 12.6. The van der Waals surface area contributed by atoms with Crippen LogP contribution in [0.1, 0.15) is 5.69 Å². The summed E-state index contributed by atoms with van der Waals surface area (Å²) in [5.41, 5.74) is 1.06. The molecule has 2 aromatic heterocycles. The fourth-order valence-corrected chi connectivity index (χ4v) is 2.17. The van der Waals surface area contributed by atoms with E-state index in [9.17, 15) is 14.9 Å². The Morgan fingerprint density at radius 3 is 2.67 bits per heavy atom. The molecule has 0 N–H and O–H groups in total. The van der Waals surface area contributed by atoms with Gasteiger partial charge in [0.15, 0.2) is 5.82 Å². The van der Waals surface area contributed by atoms with Gasteiger partial charge in [-0.2, -0.15) is 0 Å². The minimum atomic E-state index is -0.645. The molecule has 1 aromatic carbocycles. The van der Waals surface area contributed by atoms with Gasteiger partial charge in [-0.3, -0.25) is 19.2 Å². The standard InChI is InChI=1S/C15H12N4O5/c1-23-13-4-2-3-11(16-13)9-18-14(17-24-15(18)20)10-5-7-12(8-6-10)19(21)22/h2-8H,9H2,1H3. The fraction of sp³-hybridized carbons (Fsp3) is 0.133. The molecule has 0 aliphatic rings. The minimum absolute atomic E-state index is 0.0504. The first-order valence-corrected chi connectivity index (χ1v) is 6.90. The van der Waals surface area contributed by atoms with Gasteiger partial charge in [-0.25, -0.2) is 9.78 Å². The van der Waals surface area contributed by atoms with E-state index in [1.54, 1.807) is 18.2 Å². The topological polar surface area (TPSA) is 113 Å². The van der Waals surface area contributed by atoms with Crippen molar-refractivity contribution in [1.82, 2.24) is 14.7 Å². The van der Waals surface area contributed by atoms with E-state index in [4.69, 9.17) is 9.26 Å². The molecule has 0 aliphatic heterocycles. The lowest BCUT2D eigenvalue weighted by Gasteiger charge is -2.05. The van der Waals surface area contributed by atoms with E-state index in [0.717, 1.165) is 0 Å². The molecule has 0 amide bonds. The number of aromatic nitrogens is 3. The molecule has 0 radical (unpaired) electrons. The van der Waals surface area contributed by atoms with Crippen LogP contribution in [0.25, 0.3) is 11.4 Å². The van der Waals surface area contributed by atoms with E-state index in [0.29, 0.717) is 17.1 Å². The van der Waals surface area contributed by atoms with Crippen molar-refractivity contribution in [2.45, 2.75) is 6.54 Å². The smallest absolute Gasteiger partial charge is 0.442 e. The third-order valence-electron chi connectivity index (χ3n) is 3.33. The van der Waals surface area contributed by atoms with Crippen molar-refractivity contribution in [1.29, 1.82) is 0 Å². The lowest BCUT2D eigenvalue weighted by molar-refractivity contribution is -0.384. The number of hydrogen-bond acceptors (Lipinski definition) is 7. The molecule has 0 saturated carbocycles. The molecule has 0 spiro atoms. The molecular weight excluding hydrogens is 316 g/mol. The van der Waals surface area contributed by atoms with Gasteiger partial charge in [0.25, 0.3) is 5.69 Å². The Hall–Kier alpha value is -3.49. The van der Waals surface area contributed by atoms with Gasteiger partial charge in [-0.05, 0) is 18.2 Å². The molecule has 3 rings (SSSR count). The summed E-state index contributed by atoms with van der Waals surface area (Å²) >= 11 is 0. The van der Waals surface area contributed by atoms with Crippen LogP contribution < -0.4 is 10.5 Å². The van der Waals surface area contributed by atoms with Crippen molar-refractivity contribution in [2.75, 3.05) is 7.11 Å². The van der Waals surface area contributed by atoms with Gasteiger partial charge in [0.2, 0.25) is 5.88 Å². The maximum Gasteiger partial charge on any atom is 0.442 e. The second kappa shape index (κ2) is 6.32. The lowest BCUT2D eigenvalue weighted by atomic mass is 10.2. The monoisotopic (exact) mass is 328 g/mol. The number of rotatable bonds is 5. The zero-order chi connectivity index (χ0) is 17.1. The van der Waals surface area contributed by atoms with E-state index in [1.807, 2.05) is 0 Å². The second-order valence-corrected chi connectivity index (χ2v) is 4.83. The van der Waals surface area contributed by atoms with E-state index in [1.165, 1.54) is 35.9 Å². The van der Waals surface area contributed by atoms with Crippen molar-refractivity contribution >= 4 is 5.69 Å². The Morgan fingerprint density at radius 1 is 1.25 bits per heavy atom. The van der Waals surface area contributed by atoms with E-state index in [-0.39, 0.29) is 18.1 Å². The van der Waals surface area contributed by atoms with Crippen LogP contribution in [0.2, 0.25) is 0 Å². The molecule has 0 atom stereocenters. The van der Waals surface area contributed by atoms with Gasteiger partial charge in [0, 0.05) is 23.8 Å². The fourth-order valence-electron chi connectivity index (χ4n) is 2.17. The molecule has 2 heterocycles. The highest BCUT2D eigenvalue weighted by atomic mass is 16.6. The molecule has 0 saturated heterocycles. The van der Waals surface area contributed by atoms with Crippen LogP contribution in [0.5, 0.6) is 5.88 Å². The summed E-state index contributed by atoms with van der Waals surface area (Å²) in [6.45, 7) is 0.131. The molecule has 0 fully saturated rings. The Balaban J connectivity index is 1.96. The van der Waals surface area contributed by atoms with Gasteiger partial charge >= 0.3 is 5.76 Å². The van der Waals surface area contributed by atoms with Crippen LogP contribution >= 0.6 is 0 Å². The van der Waals surface area contributed by atoms with Crippen LogP contribution in [0, 0.1) is 10.1 Å². The average molecular weight is 328 g/mol. The second-order valence-electron chi connectivity index (χ2n) is 4.83. The number of non-ortho nitro benzene ring substituents is 1. The van der Waals surface area contributed by atoms with Gasteiger partial charge in [-0.1, -0.05) is 11.2 Å². The number of benzene rings is 1. The van der Waals surface area contributed by atoms with E-state index >= 15 is 0 Å². The number of nitro benzene ring substituents is 1. The maximum absolute atomic E-state index is 11.9. The van der Waals surface area contributed by atoms with Crippen LogP contribution in [0.15, 0.2) is 51.8 Å². The van der Waals surface area contributed by atoms with Crippen molar-refractivity contribution in [3.8, 4) is 17.3 Å². The Kier molecular flexibility index (Phi) is 4.06. The summed E-state index contributed by atoms with van der Waals surface area (Å²) < 4.78 is 11.1. The Bertz CT molecular complexity index is 930. The van der Waals surface area contributed by atoms with E-state index in [2.05, 4.69) is 10.1 Å². The zero-order valence-electron chi connectivity index (χ0n) is 12.6. The van der Waals surface area contributed by atoms with Crippen LogP contribution in [0.4, 0.5) is 5.69 Å². The number of ether oxygens (including phenoxy) is 1. The quantitative estimate of drug-likeness (QED) is 0.519.